The molecule has 114 valence electrons. The molecule has 1 unspecified atom stereocenters. The SMILES string of the molecule is CC(CN1CCCCC1)NS(=O)(=O)c1csc(CO)c1. The summed E-state index contributed by atoms with van der Waals surface area (Å²) in [4.78, 5) is 3.22. The summed E-state index contributed by atoms with van der Waals surface area (Å²) in [5, 5.41) is 10.6. The Hall–Kier alpha value is -0.470. The third-order valence-electron chi connectivity index (χ3n) is 3.43. The van der Waals surface area contributed by atoms with Crippen molar-refractivity contribution in [3.63, 3.8) is 0 Å². The van der Waals surface area contributed by atoms with Crippen molar-refractivity contribution in [1.29, 1.82) is 0 Å². The van der Waals surface area contributed by atoms with Gasteiger partial charge in [0.25, 0.3) is 0 Å². The zero-order chi connectivity index (χ0) is 14.6. The third-order valence-corrected chi connectivity index (χ3v) is 6.07. The summed E-state index contributed by atoms with van der Waals surface area (Å²) in [6.45, 7) is 4.63. The van der Waals surface area contributed by atoms with Crippen LogP contribution in [-0.2, 0) is 16.6 Å². The largest absolute Gasteiger partial charge is 0.391 e. The van der Waals surface area contributed by atoms with Crippen molar-refractivity contribution in [2.45, 2.75) is 43.7 Å². The van der Waals surface area contributed by atoms with Gasteiger partial charge < -0.3 is 10.0 Å². The molecule has 2 heterocycles. The molecule has 1 aromatic heterocycles. The van der Waals surface area contributed by atoms with Gasteiger partial charge in [0, 0.05) is 22.8 Å². The summed E-state index contributed by atoms with van der Waals surface area (Å²) in [7, 11) is -3.48. The third kappa shape index (κ3) is 4.26. The fourth-order valence-corrected chi connectivity index (χ4v) is 4.85. The monoisotopic (exact) mass is 318 g/mol. The molecule has 1 aliphatic heterocycles. The van der Waals surface area contributed by atoms with Crippen molar-refractivity contribution in [1.82, 2.24) is 9.62 Å². The molecule has 20 heavy (non-hydrogen) atoms. The van der Waals surface area contributed by atoms with Crippen molar-refractivity contribution in [2.24, 2.45) is 0 Å². The highest BCUT2D eigenvalue weighted by atomic mass is 32.2. The Bertz CT molecular complexity index is 521. The van der Waals surface area contributed by atoms with Crippen molar-refractivity contribution in [3.8, 4) is 0 Å². The Morgan fingerprint density at radius 1 is 1.40 bits per heavy atom. The predicted octanol–water partition coefficient (Wildman–Crippen LogP) is 1.39. The lowest BCUT2D eigenvalue weighted by atomic mass is 10.1. The minimum absolute atomic E-state index is 0.115. The van der Waals surface area contributed by atoms with Crippen LogP contribution in [0.3, 0.4) is 0 Å². The topological polar surface area (TPSA) is 69.6 Å². The van der Waals surface area contributed by atoms with Crippen LogP contribution in [0.15, 0.2) is 16.3 Å². The number of piperidine rings is 1. The van der Waals surface area contributed by atoms with Gasteiger partial charge >= 0.3 is 0 Å². The van der Waals surface area contributed by atoms with Gasteiger partial charge in [0.1, 0.15) is 0 Å². The van der Waals surface area contributed by atoms with Gasteiger partial charge in [-0.2, -0.15) is 0 Å². The first kappa shape index (κ1) is 15.9. The number of hydrogen-bond donors (Lipinski definition) is 2. The van der Waals surface area contributed by atoms with E-state index in [0.29, 0.717) is 4.88 Å². The molecule has 0 amide bonds. The normalized spacial score (nSPS) is 19.1. The van der Waals surface area contributed by atoms with Crippen LogP contribution >= 0.6 is 11.3 Å². The molecule has 0 aromatic carbocycles. The molecule has 0 aliphatic carbocycles. The average Bonchev–Trinajstić information content (AvgIpc) is 2.88. The van der Waals surface area contributed by atoms with Crippen LogP contribution in [0.4, 0.5) is 0 Å². The van der Waals surface area contributed by atoms with Crippen molar-refractivity contribution in [3.05, 3.63) is 16.3 Å². The summed E-state index contributed by atoms with van der Waals surface area (Å²) >= 11 is 1.26. The number of likely N-dealkylation sites (tertiary alicyclic amines) is 1. The van der Waals surface area contributed by atoms with E-state index in [2.05, 4.69) is 9.62 Å². The van der Waals surface area contributed by atoms with Crippen LogP contribution < -0.4 is 4.72 Å². The molecule has 1 aromatic rings. The Morgan fingerprint density at radius 3 is 2.70 bits per heavy atom. The average molecular weight is 318 g/mol. The van der Waals surface area contributed by atoms with Gasteiger partial charge in [-0.15, -0.1) is 11.3 Å². The standard InChI is InChI=1S/C13H22N2O3S2/c1-11(8-15-5-3-2-4-6-15)14-20(17,18)13-7-12(9-16)19-10-13/h7,10-11,14,16H,2-6,8-9H2,1H3. The smallest absolute Gasteiger partial charge is 0.241 e. The molecule has 0 spiro atoms. The lowest BCUT2D eigenvalue weighted by molar-refractivity contribution is 0.215. The highest BCUT2D eigenvalue weighted by molar-refractivity contribution is 7.89. The number of rotatable bonds is 6. The van der Waals surface area contributed by atoms with E-state index in [1.54, 1.807) is 5.38 Å². The molecule has 7 heteroatoms. The first-order chi connectivity index (χ1) is 9.51. The zero-order valence-corrected chi connectivity index (χ0v) is 13.3. The summed E-state index contributed by atoms with van der Waals surface area (Å²) in [6.07, 6.45) is 3.67. The predicted molar refractivity (Wildman–Crippen MR) is 80.3 cm³/mol. The first-order valence-electron chi connectivity index (χ1n) is 6.94. The van der Waals surface area contributed by atoms with Gasteiger partial charge in [-0.25, -0.2) is 13.1 Å². The molecule has 1 saturated heterocycles. The summed E-state index contributed by atoms with van der Waals surface area (Å²) in [5.74, 6) is 0. The molecule has 0 saturated carbocycles. The quantitative estimate of drug-likeness (QED) is 0.832. The second-order valence-corrected chi connectivity index (χ2v) is 8.00. The number of sulfonamides is 1. The summed E-state index contributed by atoms with van der Waals surface area (Å²) < 4.78 is 27.1. The maximum absolute atomic E-state index is 12.2. The molecular weight excluding hydrogens is 296 g/mol. The van der Waals surface area contributed by atoms with E-state index < -0.39 is 10.0 Å². The van der Waals surface area contributed by atoms with Crippen molar-refractivity contribution in [2.75, 3.05) is 19.6 Å². The molecule has 1 atom stereocenters. The second kappa shape index (κ2) is 7.00. The fraction of sp³-hybridized carbons (Fsp3) is 0.692. The number of nitrogens with zero attached hydrogens (tertiary/aromatic N) is 1. The van der Waals surface area contributed by atoms with Crippen molar-refractivity contribution < 1.29 is 13.5 Å². The van der Waals surface area contributed by atoms with E-state index in [-0.39, 0.29) is 17.5 Å². The summed E-state index contributed by atoms with van der Waals surface area (Å²) in [6, 6.07) is 1.41. The second-order valence-electron chi connectivity index (χ2n) is 5.29. The van der Waals surface area contributed by atoms with Gasteiger partial charge in [-0.05, 0) is 38.9 Å². The minimum Gasteiger partial charge on any atom is -0.391 e. The molecular formula is C13H22N2O3S2. The highest BCUT2D eigenvalue weighted by Gasteiger charge is 2.21. The number of aliphatic hydroxyl groups excluding tert-OH is 1. The molecule has 1 aliphatic rings. The van der Waals surface area contributed by atoms with Gasteiger partial charge in [0.15, 0.2) is 0 Å². The van der Waals surface area contributed by atoms with E-state index in [1.807, 2.05) is 6.92 Å². The van der Waals surface area contributed by atoms with E-state index in [1.165, 1.54) is 36.7 Å². The van der Waals surface area contributed by atoms with Gasteiger partial charge in [-0.3, -0.25) is 0 Å². The number of hydrogen-bond acceptors (Lipinski definition) is 5. The van der Waals surface area contributed by atoms with E-state index in [9.17, 15) is 8.42 Å². The Labute approximate surface area is 124 Å². The maximum Gasteiger partial charge on any atom is 0.241 e. The van der Waals surface area contributed by atoms with Crippen LogP contribution in [0, 0.1) is 0 Å². The van der Waals surface area contributed by atoms with Gasteiger partial charge in [0.2, 0.25) is 10.0 Å². The molecule has 0 bridgehead atoms. The van der Waals surface area contributed by atoms with Crippen LogP contribution in [0.1, 0.15) is 31.1 Å². The molecule has 2 rings (SSSR count). The first-order valence-corrected chi connectivity index (χ1v) is 9.30. The van der Waals surface area contributed by atoms with Crippen LogP contribution in [0.25, 0.3) is 0 Å². The minimum atomic E-state index is -3.48. The van der Waals surface area contributed by atoms with Crippen LogP contribution in [0.2, 0.25) is 0 Å². The molecule has 0 radical (unpaired) electrons. The lowest BCUT2D eigenvalue weighted by Gasteiger charge is -2.29. The van der Waals surface area contributed by atoms with Gasteiger partial charge in [0.05, 0.1) is 11.5 Å². The molecule has 5 nitrogen and oxygen atoms in total. The Balaban J connectivity index is 1.93. The fourth-order valence-electron chi connectivity index (χ4n) is 2.48. The lowest BCUT2D eigenvalue weighted by Crippen LogP contribution is -2.43. The Morgan fingerprint density at radius 2 is 2.10 bits per heavy atom. The Kier molecular flexibility index (Phi) is 5.57. The highest BCUT2D eigenvalue weighted by Crippen LogP contribution is 2.19. The van der Waals surface area contributed by atoms with Crippen molar-refractivity contribution >= 4 is 21.4 Å². The number of nitrogens with one attached hydrogen (secondary N) is 1. The summed E-state index contributed by atoms with van der Waals surface area (Å²) in [5.41, 5.74) is 0. The number of thiophene rings is 1. The maximum atomic E-state index is 12.2. The van der Waals surface area contributed by atoms with Gasteiger partial charge in [-0.1, -0.05) is 6.42 Å². The van der Waals surface area contributed by atoms with E-state index >= 15 is 0 Å². The van der Waals surface area contributed by atoms with E-state index in [4.69, 9.17) is 5.11 Å². The molecule has 2 N–H and O–H groups in total. The van der Waals surface area contributed by atoms with Crippen LogP contribution in [0.5, 0.6) is 0 Å². The van der Waals surface area contributed by atoms with E-state index in [0.717, 1.165) is 19.6 Å². The zero-order valence-electron chi connectivity index (χ0n) is 11.7. The van der Waals surface area contributed by atoms with Crippen LogP contribution in [-0.4, -0.2) is 44.1 Å². The molecule has 1 fully saturated rings. The number of aliphatic hydroxyl groups is 1.